The number of carbonyl (C=O) groups is 3. The first-order valence-corrected chi connectivity index (χ1v) is 10.4. The fourth-order valence-corrected chi connectivity index (χ4v) is 3.79. The van der Waals surface area contributed by atoms with Crippen LogP contribution >= 0.6 is 15.9 Å². The van der Waals surface area contributed by atoms with Gasteiger partial charge in [0.2, 0.25) is 17.7 Å². The first kappa shape index (κ1) is 21.0. The lowest BCUT2D eigenvalue weighted by Crippen LogP contribution is -2.38. The van der Waals surface area contributed by atoms with Crippen molar-refractivity contribution in [2.75, 3.05) is 23.3 Å². The smallest absolute Gasteiger partial charge is 0.243 e. The van der Waals surface area contributed by atoms with Gasteiger partial charge in [0, 0.05) is 28.8 Å². The molecule has 2 N–H and O–H groups in total. The van der Waals surface area contributed by atoms with Crippen LogP contribution < -0.4 is 15.5 Å². The number of amides is 3. The number of anilines is 2. The van der Waals surface area contributed by atoms with E-state index in [0.29, 0.717) is 12.2 Å². The van der Waals surface area contributed by atoms with Gasteiger partial charge in [-0.2, -0.15) is 0 Å². The highest BCUT2D eigenvalue weighted by atomic mass is 79.9. The highest BCUT2D eigenvalue weighted by Crippen LogP contribution is 2.25. The molecule has 1 unspecified atom stereocenters. The number of benzene rings is 2. The van der Waals surface area contributed by atoms with Crippen LogP contribution in [0.15, 0.2) is 46.9 Å². The van der Waals surface area contributed by atoms with Crippen LogP contribution in [0.25, 0.3) is 0 Å². The minimum absolute atomic E-state index is 0.0793. The van der Waals surface area contributed by atoms with E-state index in [1.807, 2.05) is 43.3 Å². The van der Waals surface area contributed by atoms with Gasteiger partial charge in [-0.1, -0.05) is 35.0 Å². The third-order valence-corrected chi connectivity index (χ3v) is 5.53. The maximum absolute atomic E-state index is 12.5. The van der Waals surface area contributed by atoms with E-state index in [9.17, 15) is 14.4 Å². The van der Waals surface area contributed by atoms with Crippen molar-refractivity contribution in [2.24, 2.45) is 5.92 Å². The minimum Gasteiger partial charge on any atom is -0.347 e. The average molecular weight is 458 g/mol. The molecule has 1 aliphatic heterocycles. The molecule has 1 saturated heterocycles. The molecule has 6 nitrogen and oxygen atoms in total. The molecule has 29 heavy (non-hydrogen) atoms. The lowest BCUT2D eigenvalue weighted by Gasteiger charge is -2.17. The molecule has 0 radical (unpaired) electrons. The van der Waals surface area contributed by atoms with E-state index in [1.54, 1.807) is 11.0 Å². The number of hydrogen-bond acceptors (Lipinski definition) is 3. The lowest BCUT2D eigenvalue weighted by atomic mass is 10.1. The van der Waals surface area contributed by atoms with Crippen molar-refractivity contribution in [2.45, 2.75) is 26.7 Å². The summed E-state index contributed by atoms with van der Waals surface area (Å²) in [5.41, 5.74) is 3.61. The molecule has 3 amide bonds. The number of carbonyl (C=O) groups excluding carboxylic acids is 3. The van der Waals surface area contributed by atoms with E-state index in [0.717, 1.165) is 22.1 Å². The van der Waals surface area contributed by atoms with Crippen molar-refractivity contribution in [3.05, 3.63) is 58.1 Å². The SMILES string of the molecule is CCc1ccc(N2CC(C(=O)NCC(=O)Nc3ccc(Br)cc3C)CC2=O)cc1. The van der Waals surface area contributed by atoms with E-state index in [-0.39, 0.29) is 30.7 Å². The summed E-state index contributed by atoms with van der Waals surface area (Å²) in [6.07, 6.45) is 1.08. The minimum atomic E-state index is -0.462. The van der Waals surface area contributed by atoms with Gasteiger partial charge in [-0.05, 0) is 54.8 Å². The quantitative estimate of drug-likeness (QED) is 0.697. The van der Waals surface area contributed by atoms with E-state index in [2.05, 4.69) is 33.5 Å². The van der Waals surface area contributed by atoms with Crippen molar-refractivity contribution in [1.82, 2.24) is 5.32 Å². The van der Waals surface area contributed by atoms with Crippen LogP contribution in [0.1, 0.15) is 24.5 Å². The molecule has 1 fully saturated rings. The second-order valence-electron chi connectivity index (χ2n) is 7.15. The van der Waals surface area contributed by atoms with Crippen LogP contribution in [0.3, 0.4) is 0 Å². The van der Waals surface area contributed by atoms with Gasteiger partial charge < -0.3 is 15.5 Å². The fraction of sp³-hybridized carbons (Fsp3) is 0.318. The number of halogens is 1. The summed E-state index contributed by atoms with van der Waals surface area (Å²) < 4.78 is 0.932. The predicted molar refractivity (Wildman–Crippen MR) is 117 cm³/mol. The van der Waals surface area contributed by atoms with Crippen LogP contribution in [-0.4, -0.2) is 30.8 Å². The maximum Gasteiger partial charge on any atom is 0.243 e. The Morgan fingerprint density at radius 2 is 1.90 bits per heavy atom. The van der Waals surface area contributed by atoms with Crippen molar-refractivity contribution in [3.63, 3.8) is 0 Å². The molecule has 0 saturated carbocycles. The standard InChI is InChI=1S/C22H24BrN3O3/c1-3-15-4-7-18(8-5-15)26-13-16(11-21(26)28)22(29)24-12-20(27)25-19-9-6-17(23)10-14(19)2/h4-10,16H,3,11-13H2,1-2H3,(H,24,29)(H,25,27). The summed E-state index contributed by atoms with van der Waals surface area (Å²) >= 11 is 3.38. The molecule has 3 rings (SSSR count). The average Bonchev–Trinajstić information content (AvgIpc) is 3.10. The van der Waals surface area contributed by atoms with Gasteiger partial charge in [0.25, 0.3) is 0 Å². The summed E-state index contributed by atoms with van der Waals surface area (Å²) in [5.74, 6) is -1.13. The Hall–Kier alpha value is -2.67. The van der Waals surface area contributed by atoms with E-state index < -0.39 is 5.92 Å². The van der Waals surface area contributed by atoms with Crippen molar-refractivity contribution in [1.29, 1.82) is 0 Å². The van der Waals surface area contributed by atoms with E-state index in [4.69, 9.17) is 0 Å². The third kappa shape index (κ3) is 5.23. The zero-order valence-corrected chi connectivity index (χ0v) is 18.1. The molecule has 1 aliphatic rings. The highest BCUT2D eigenvalue weighted by Gasteiger charge is 2.35. The van der Waals surface area contributed by atoms with Gasteiger partial charge in [-0.15, -0.1) is 0 Å². The van der Waals surface area contributed by atoms with Crippen molar-refractivity contribution < 1.29 is 14.4 Å². The monoisotopic (exact) mass is 457 g/mol. The molecule has 152 valence electrons. The van der Waals surface area contributed by atoms with Gasteiger partial charge in [0.05, 0.1) is 12.5 Å². The van der Waals surface area contributed by atoms with Crippen molar-refractivity contribution in [3.8, 4) is 0 Å². The van der Waals surface area contributed by atoms with E-state index in [1.165, 1.54) is 5.56 Å². The Kier molecular flexibility index (Phi) is 6.69. The number of rotatable bonds is 6. The van der Waals surface area contributed by atoms with Crippen LogP contribution in [0.4, 0.5) is 11.4 Å². The molecule has 0 aliphatic carbocycles. The summed E-state index contributed by atoms with van der Waals surface area (Å²) in [7, 11) is 0. The molecular weight excluding hydrogens is 434 g/mol. The summed E-state index contributed by atoms with van der Waals surface area (Å²) in [5, 5.41) is 5.43. The van der Waals surface area contributed by atoms with Gasteiger partial charge in [-0.25, -0.2) is 0 Å². The first-order valence-electron chi connectivity index (χ1n) is 9.60. The molecule has 1 heterocycles. The fourth-order valence-electron chi connectivity index (χ4n) is 3.32. The topological polar surface area (TPSA) is 78.5 Å². The summed E-state index contributed by atoms with van der Waals surface area (Å²) in [6.45, 7) is 4.16. The molecule has 0 bridgehead atoms. The van der Waals surface area contributed by atoms with Crippen LogP contribution in [-0.2, 0) is 20.8 Å². The third-order valence-electron chi connectivity index (χ3n) is 5.04. The molecule has 7 heteroatoms. The van der Waals surface area contributed by atoms with Gasteiger partial charge in [0.1, 0.15) is 0 Å². The summed E-state index contributed by atoms with van der Waals surface area (Å²) in [6, 6.07) is 13.3. The number of hydrogen-bond donors (Lipinski definition) is 2. The van der Waals surface area contributed by atoms with Gasteiger partial charge in [-0.3, -0.25) is 14.4 Å². The number of aryl methyl sites for hydroxylation is 2. The molecule has 2 aromatic carbocycles. The Bertz CT molecular complexity index is 927. The molecular formula is C22H24BrN3O3. The lowest BCUT2D eigenvalue weighted by molar-refractivity contribution is -0.127. The Labute approximate surface area is 178 Å². The molecule has 0 spiro atoms. The zero-order valence-electron chi connectivity index (χ0n) is 16.5. The Morgan fingerprint density at radius 1 is 1.17 bits per heavy atom. The maximum atomic E-state index is 12.5. The Morgan fingerprint density at radius 3 is 2.55 bits per heavy atom. The van der Waals surface area contributed by atoms with Crippen LogP contribution in [0, 0.1) is 12.8 Å². The molecule has 0 aromatic heterocycles. The largest absolute Gasteiger partial charge is 0.347 e. The second kappa shape index (κ2) is 9.22. The Balaban J connectivity index is 1.52. The van der Waals surface area contributed by atoms with Gasteiger partial charge in [0.15, 0.2) is 0 Å². The second-order valence-corrected chi connectivity index (χ2v) is 8.07. The van der Waals surface area contributed by atoms with Gasteiger partial charge >= 0.3 is 0 Å². The molecule has 2 aromatic rings. The van der Waals surface area contributed by atoms with E-state index >= 15 is 0 Å². The molecule has 1 atom stereocenters. The van der Waals surface area contributed by atoms with Crippen LogP contribution in [0.2, 0.25) is 0 Å². The zero-order chi connectivity index (χ0) is 21.0. The predicted octanol–water partition coefficient (Wildman–Crippen LogP) is 3.43. The first-order chi connectivity index (χ1) is 13.9. The normalized spacial score (nSPS) is 16.0. The van der Waals surface area contributed by atoms with Crippen LogP contribution in [0.5, 0.6) is 0 Å². The highest BCUT2D eigenvalue weighted by molar-refractivity contribution is 9.10. The van der Waals surface area contributed by atoms with Crippen molar-refractivity contribution >= 4 is 45.0 Å². The number of nitrogens with zero attached hydrogens (tertiary/aromatic N) is 1. The summed E-state index contributed by atoms with van der Waals surface area (Å²) in [4.78, 5) is 38.6. The number of nitrogens with one attached hydrogen (secondary N) is 2.